The summed E-state index contributed by atoms with van der Waals surface area (Å²) in [5, 5.41) is 3.63. The van der Waals surface area contributed by atoms with Crippen molar-refractivity contribution >= 4 is 0 Å². The summed E-state index contributed by atoms with van der Waals surface area (Å²) in [7, 11) is 1.82. The molecule has 1 saturated carbocycles. The van der Waals surface area contributed by atoms with Crippen LogP contribution >= 0.6 is 0 Å². The van der Waals surface area contributed by atoms with Gasteiger partial charge in [-0.3, -0.25) is 0 Å². The molecule has 1 aliphatic rings. The minimum atomic E-state index is -2.23. The molecule has 0 heterocycles. The number of hydrogen-bond donors (Lipinski definition) is 1. The van der Waals surface area contributed by atoms with Crippen molar-refractivity contribution in [2.45, 2.75) is 58.9 Å². The lowest BCUT2D eigenvalue weighted by Gasteiger charge is -2.40. The topological polar surface area (TPSA) is 15.3 Å². The van der Waals surface area contributed by atoms with Crippen molar-refractivity contribution in [3.8, 4) is 0 Å². The Bertz CT molecular complexity index is 259. The Hall–Kier alpha value is -0.220. The van der Waals surface area contributed by atoms with Crippen molar-refractivity contribution in [2.24, 2.45) is 17.8 Å². The van der Waals surface area contributed by atoms with E-state index in [0.717, 1.165) is 25.4 Å². The second-order valence-corrected chi connectivity index (χ2v) is 6.75. The van der Waals surface area contributed by atoms with Gasteiger partial charge in [0.05, 0.1) is 6.54 Å². The summed E-state index contributed by atoms with van der Waals surface area (Å²) >= 11 is 0. The van der Waals surface area contributed by atoms with Gasteiger partial charge in [0.2, 0.25) is 0 Å². The highest BCUT2D eigenvalue weighted by Gasteiger charge is 2.32. The number of rotatable bonds is 8. The lowest BCUT2D eigenvalue weighted by Crippen LogP contribution is -2.46. The zero-order valence-electron chi connectivity index (χ0n) is 13.5. The van der Waals surface area contributed by atoms with Gasteiger partial charge < -0.3 is 10.2 Å². The lowest BCUT2D eigenvalue weighted by atomic mass is 9.73. The molecule has 0 aromatic carbocycles. The first kappa shape index (κ1) is 17.8. The van der Waals surface area contributed by atoms with Crippen LogP contribution in [-0.2, 0) is 0 Å². The summed E-state index contributed by atoms with van der Waals surface area (Å²) in [5.41, 5.74) is 0. The molecular weight excluding hydrogens is 258 g/mol. The smallest absolute Gasteiger partial charge is 0.251 e. The summed E-state index contributed by atoms with van der Waals surface area (Å²) < 4.78 is 25.0. The van der Waals surface area contributed by atoms with Crippen LogP contribution < -0.4 is 5.32 Å². The van der Waals surface area contributed by atoms with E-state index in [1.165, 1.54) is 19.3 Å². The van der Waals surface area contributed by atoms with Crippen molar-refractivity contribution < 1.29 is 8.78 Å². The first-order valence-electron chi connectivity index (χ1n) is 8.14. The molecule has 1 fully saturated rings. The van der Waals surface area contributed by atoms with Gasteiger partial charge in [-0.05, 0) is 57.0 Å². The van der Waals surface area contributed by atoms with E-state index >= 15 is 0 Å². The van der Waals surface area contributed by atoms with Crippen LogP contribution in [0.3, 0.4) is 0 Å². The van der Waals surface area contributed by atoms with Crippen LogP contribution in [0.15, 0.2) is 0 Å². The number of halogens is 2. The molecule has 1 rings (SSSR count). The van der Waals surface area contributed by atoms with Crippen molar-refractivity contribution in [3.05, 3.63) is 0 Å². The van der Waals surface area contributed by atoms with E-state index in [1.807, 2.05) is 7.05 Å². The van der Waals surface area contributed by atoms with Gasteiger partial charge in [-0.2, -0.15) is 0 Å². The van der Waals surface area contributed by atoms with E-state index in [-0.39, 0.29) is 6.54 Å². The van der Waals surface area contributed by atoms with E-state index in [4.69, 9.17) is 0 Å². The van der Waals surface area contributed by atoms with Crippen LogP contribution in [0.1, 0.15) is 46.5 Å². The molecule has 2 nitrogen and oxygen atoms in total. The van der Waals surface area contributed by atoms with Crippen molar-refractivity contribution in [3.63, 3.8) is 0 Å². The van der Waals surface area contributed by atoms with Gasteiger partial charge in [0.15, 0.2) is 0 Å². The Morgan fingerprint density at radius 3 is 2.50 bits per heavy atom. The maximum absolute atomic E-state index is 12.5. The van der Waals surface area contributed by atoms with E-state index < -0.39 is 6.43 Å². The second kappa shape index (κ2) is 8.93. The Labute approximate surface area is 123 Å². The highest BCUT2D eigenvalue weighted by atomic mass is 19.3. The molecular formula is C16H32F2N2. The van der Waals surface area contributed by atoms with Gasteiger partial charge in [-0.25, -0.2) is 8.78 Å². The number of hydrogen-bond acceptors (Lipinski definition) is 2. The van der Waals surface area contributed by atoms with Crippen LogP contribution in [0.4, 0.5) is 8.78 Å². The quantitative estimate of drug-likeness (QED) is 0.734. The third kappa shape index (κ3) is 6.04. The average Bonchev–Trinajstić information content (AvgIpc) is 2.35. The Morgan fingerprint density at radius 1 is 1.25 bits per heavy atom. The average molecular weight is 290 g/mol. The maximum Gasteiger partial charge on any atom is 0.251 e. The lowest BCUT2D eigenvalue weighted by molar-refractivity contribution is 0.0742. The number of nitrogens with one attached hydrogen (secondary N) is 1. The summed E-state index contributed by atoms with van der Waals surface area (Å²) in [4.78, 5) is 1.80. The Morgan fingerprint density at radius 2 is 1.95 bits per heavy atom. The van der Waals surface area contributed by atoms with Crippen molar-refractivity contribution in [1.82, 2.24) is 10.2 Å². The molecule has 1 aliphatic carbocycles. The molecule has 20 heavy (non-hydrogen) atoms. The Balaban J connectivity index is 2.56. The van der Waals surface area contributed by atoms with E-state index in [9.17, 15) is 8.78 Å². The molecule has 0 aromatic rings. The minimum absolute atomic E-state index is 0.108. The van der Waals surface area contributed by atoms with Gasteiger partial charge >= 0.3 is 0 Å². The molecule has 0 saturated heterocycles. The highest BCUT2D eigenvalue weighted by molar-refractivity contribution is 4.87. The zero-order chi connectivity index (χ0) is 15.1. The van der Waals surface area contributed by atoms with Crippen molar-refractivity contribution in [1.29, 1.82) is 0 Å². The molecule has 0 amide bonds. The zero-order valence-corrected chi connectivity index (χ0v) is 13.5. The van der Waals surface area contributed by atoms with Crippen LogP contribution in [0.2, 0.25) is 0 Å². The van der Waals surface area contributed by atoms with Crippen molar-refractivity contribution in [2.75, 3.05) is 26.7 Å². The maximum atomic E-state index is 12.5. The Kier molecular flexibility index (Phi) is 7.96. The summed E-state index contributed by atoms with van der Waals surface area (Å²) in [6, 6.07) is 0.505. The summed E-state index contributed by atoms with van der Waals surface area (Å²) in [6.45, 7) is 8.45. The first-order chi connectivity index (χ1) is 9.43. The molecule has 0 bridgehead atoms. The van der Waals surface area contributed by atoms with E-state index in [2.05, 4.69) is 26.1 Å². The largest absolute Gasteiger partial charge is 0.314 e. The molecule has 120 valence electrons. The molecule has 4 heteroatoms. The van der Waals surface area contributed by atoms with Gasteiger partial charge in [0.1, 0.15) is 0 Å². The SMILES string of the molecule is CCCNC1CCC(C(C)C)CC1CN(C)CC(F)F. The number of alkyl halides is 2. The van der Waals surface area contributed by atoms with Crippen LogP contribution in [0, 0.1) is 17.8 Å². The summed E-state index contributed by atoms with van der Waals surface area (Å²) in [5.74, 6) is 1.95. The van der Waals surface area contributed by atoms with Crippen LogP contribution in [-0.4, -0.2) is 44.0 Å². The fraction of sp³-hybridized carbons (Fsp3) is 1.00. The molecule has 0 spiro atoms. The third-order valence-corrected chi connectivity index (χ3v) is 4.62. The van der Waals surface area contributed by atoms with Gasteiger partial charge in [-0.15, -0.1) is 0 Å². The monoisotopic (exact) mass is 290 g/mol. The highest BCUT2D eigenvalue weighted by Crippen LogP contribution is 2.34. The molecule has 3 unspecified atom stereocenters. The fourth-order valence-electron chi connectivity index (χ4n) is 3.42. The fourth-order valence-corrected chi connectivity index (χ4v) is 3.42. The first-order valence-corrected chi connectivity index (χ1v) is 8.14. The predicted molar refractivity (Wildman–Crippen MR) is 81.3 cm³/mol. The summed E-state index contributed by atoms with van der Waals surface area (Å²) in [6.07, 6.45) is 2.53. The molecule has 0 aromatic heterocycles. The van der Waals surface area contributed by atoms with Crippen LogP contribution in [0.5, 0.6) is 0 Å². The predicted octanol–water partition coefficient (Wildman–Crippen LogP) is 3.62. The van der Waals surface area contributed by atoms with E-state index in [1.54, 1.807) is 4.90 Å². The minimum Gasteiger partial charge on any atom is -0.314 e. The second-order valence-electron chi connectivity index (χ2n) is 6.75. The normalized spacial score (nSPS) is 27.8. The molecule has 0 aliphatic heterocycles. The van der Waals surface area contributed by atoms with E-state index in [0.29, 0.717) is 17.9 Å². The van der Waals surface area contributed by atoms with Crippen LogP contribution in [0.25, 0.3) is 0 Å². The number of nitrogens with zero attached hydrogens (tertiary/aromatic N) is 1. The molecule has 0 radical (unpaired) electrons. The van der Waals surface area contributed by atoms with Gasteiger partial charge in [-0.1, -0.05) is 20.8 Å². The van der Waals surface area contributed by atoms with Gasteiger partial charge in [0.25, 0.3) is 6.43 Å². The molecule has 3 atom stereocenters. The molecule has 1 N–H and O–H groups in total. The third-order valence-electron chi connectivity index (χ3n) is 4.62. The van der Waals surface area contributed by atoms with Gasteiger partial charge in [0, 0.05) is 12.6 Å². The standard InChI is InChI=1S/C16H32F2N2/c1-5-8-19-15-7-6-13(12(2)3)9-14(15)10-20(4)11-16(17)18/h12-16,19H,5-11H2,1-4H3.